The van der Waals surface area contributed by atoms with Gasteiger partial charge in [-0.15, -0.1) is 20.2 Å². The molecule has 2 atom stereocenters. The Bertz CT molecular complexity index is 1660. The smallest absolute Gasteiger partial charge is 0.313 e. The first-order valence-corrected chi connectivity index (χ1v) is 15.0. The number of hydrogen-bond donors (Lipinski definition) is 0. The number of nitrogens with zero attached hydrogens (tertiary/aromatic N) is 2. The van der Waals surface area contributed by atoms with Gasteiger partial charge in [-0.1, -0.05) is 84.9 Å². The van der Waals surface area contributed by atoms with E-state index in [1.165, 1.54) is 50.2 Å². The van der Waals surface area contributed by atoms with Crippen molar-refractivity contribution in [1.82, 2.24) is 0 Å². The quantitative estimate of drug-likeness (QED) is 0.0710. The molecule has 0 spiro atoms. The molecule has 0 amide bonds. The molecule has 0 saturated heterocycles. The zero-order valence-electron chi connectivity index (χ0n) is 26.5. The number of hydrogen-bond acceptors (Lipinski definition) is 10. The van der Waals surface area contributed by atoms with Gasteiger partial charge in [0.15, 0.2) is 0 Å². The monoisotopic (exact) mass is 678 g/mol. The molecule has 12 nitrogen and oxygen atoms in total. The fourth-order valence-electron chi connectivity index (χ4n) is 4.90. The fourth-order valence-corrected chi connectivity index (χ4v) is 4.90. The highest BCUT2D eigenvalue weighted by atomic mass is 19.1. The van der Waals surface area contributed by atoms with Crippen LogP contribution in [0, 0.1) is 37.3 Å². The summed E-state index contributed by atoms with van der Waals surface area (Å²) in [5.41, 5.74) is 0.439. The van der Waals surface area contributed by atoms with E-state index >= 15 is 0 Å². The molecule has 0 heterocycles. The van der Waals surface area contributed by atoms with Crippen LogP contribution in [0.4, 0.5) is 8.78 Å². The normalized spacial score (nSPS) is 12.3. The van der Waals surface area contributed by atoms with E-state index in [0.717, 1.165) is 0 Å². The van der Waals surface area contributed by atoms with Crippen molar-refractivity contribution in [3.05, 3.63) is 140 Å². The number of esters is 2. The van der Waals surface area contributed by atoms with E-state index in [2.05, 4.69) is 9.68 Å². The fraction of sp³-hybridized carbons (Fsp3) is 0.257. The van der Waals surface area contributed by atoms with Crippen molar-refractivity contribution in [3.63, 3.8) is 0 Å². The van der Waals surface area contributed by atoms with Gasteiger partial charge in [0.1, 0.15) is 38.1 Å². The third-order valence-electron chi connectivity index (χ3n) is 7.86. The molecule has 0 saturated carbocycles. The van der Waals surface area contributed by atoms with E-state index in [1.54, 1.807) is 60.7 Å². The van der Waals surface area contributed by atoms with Crippen molar-refractivity contribution in [3.8, 4) is 22.3 Å². The van der Waals surface area contributed by atoms with Crippen molar-refractivity contribution in [2.24, 2.45) is 5.41 Å². The summed E-state index contributed by atoms with van der Waals surface area (Å²) >= 11 is 0. The molecule has 0 aliphatic rings. The maximum atomic E-state index is 15.0. The first kappa shape index (κ1) is 35.9. The van der Waals surface area contributed by atoms with E-state index in [-0.39, 0.29) is 11.1 Å². The van der Waals surface area contributed by atoms with Crippen molar-refractivity contribution in [2.45, 2.75) is 25.7 Å². The summed E-state index contributed by atoms with van der Waals surface area (Å²) in [6, 6.07) is 25.9. The molecule has 4 rings (SSSR count). The third kappa shape index (κ3) is 9.56. The molecule has 0 aliphatic heterocycles. The van der Waals surface area contributed by atoms with Crippen LogP contribution in [0.2, 0.25) is 0 Å². The molecule has 4 aromatic carbocycles. The Morgan fingerprint density at radius 2 is 1.00 bits per heavy atom. The maximum Gasteiger partial charge on any atom is 0.313 e. The predicted molar refractivity (Wildman–Crippen MR) is 171 cm³/mol. The molecule has 0 unspecified atom stereocenters. The van der Waals surface area contributed by atoms with Crippen LogP contribution in [0.5, 0.6) is 0 Å². The Morgan fingerprint density at radius 1 is 0.633 bits per heavy atom. The second-order valence-corrected chi connectivity index (χ2v) is 11.4. The minimum absolute atomic E-state index is 0.252. The largest absolute Gasteiger partial charge is 0.464 e. The van der Waals surface area contributed by atoms with Crippen LogP contribution in [0.15, 0.2) is 97.1 Å². The maximum absolute atomic E-state index is 15.0. The van der Waals surface area contributed by atoms with Crippen molar-refractivity contribution < 1.29 is 47.7 Å². The van der Waals surface area contributed by atoms with Crippen LogP contribution in [-0.4, -0.2) is 48.5 Å². The van der Waals surface area contributed by atoms with E-state index < -0.39 is 77.4 Å². The SMILES string of the molecule is C[C@H](C(=O)OCC(COC(=O)[C@H](C)c1ccc(-c2ccccc2)c(F)c1)(CO[N+](=O)[O-])CO[N+](=O)[O-])c1ccc(-c2ccccc2)c(F)c1. The Labute approximate surface area is 279 Å². The number of benzene rings is 4. The number of ether oxygens (including phenoxy) is 2. The molecular weight excluding hydrogens is 646 g/mol. The Morgan fingerprint density at radius 3 is 1.33 bits per heavy atom. The first-order valence-electron chi connectivity index (χ1n) is 15.0. The van der Waals surface area contributed by atoms with Crippen LogP contribution in [0.1, 0.15) is 36.8 Å². The Hall–Kier alpha value is -5.92. The topological polar surface area (TPSA) is 157 Å². The van der Waals surface area contributed by atoms with Gasteiger partial charge in [-0.3, -0.25) is 9.59 Å². The Balaban J connectivity index is 1.49. The molecule has 0 N–H and O–H groups in total. The molecule has 4 aromatic rings. The lowest BCUT2D eigenvalue weighted by Gasteiger charge is -2.31. The number of carbonyl (C=O) groups excluding carboxylic acids is 2. The molecular formula is C35H32F2N2O10. The van der Waals surface area contributed by atoms with Gasteiger partial charge >= 0.3 is 11.9 Å². The van der Waals surface area contributed by atoms with Crippen LogP contribution in [-0.2, 0) is 28.7 Å². The van der Waals surface area contributed by atoms with Crippen LogP contribution in [0.25, 0.3) is 22.3 Å². The second kappa shape index (κ2) is 16.3. The molecule has 256 valence electrons. The van der Waals surface area contributed by atoms with Crippen LogP contribution < -0.4 is 0 Å². The van der Waals surface area contributed by atoms with Crippen LogP contribution in [0.3, 0.4) is 0 Å². The van der Waals surface area contributed by atoms with E-state index in [0.29, 0.717) is 22.3 Å². The molecule has 0 aliphatic carbocycles. The van der Waals surface area contributed by atoms with Gasteiger partial charge in [-0.2, -0.15) is 0 Å². The highest BCUT2D eigenvalue weighted by molar-refractivity contribution is 5.79. The number of carbonyl (C=O) groups is 2. The number of rotatable bonds is 16. The third-order valence-corrected chi connectivity index (χ3v) is 7.86. The minimum Gasteiger partial charge on any atom is -0.464 e. The highest BCUT2D eigenvalue weighted by Crippen LogP contribution is 2.30. The highest BCUT2D eigenvalue weighted by Gasteiger charge is 2.38. The lowest BCUT2D eigenvalue weighted by atomic mass is 9.91. The van der Waals surface area contributed by atoms with Gasteiger partial charge in [0.05, 0.1) is 17.3 Å². The van der Waals surface area contributed by atoms with Gasteiger partial charge in [-0.05, 0) is 48.2 Å². The van der Waals surface area contributed by atoms with E-state index in [9.17, 15) is 38.6 Å². The summed E-state index contributed by atoms with van der Waals surface area (Å²) in [7, 11) is 0. The molecule has 14 heteroatoms. The Kier molecular flexibility index (Phi) is 11.9. The van der Waals surface area contributed by atoms with Gasteiger partial charge in [0.2, 0.25) is 0 Å². The predicted octanol–water partition coefficient (Wildman–Crippen LogP) is 6.70. The summed E-state index contributed by atoms with van der Waals surface area (Å²) < 4.78 is 40.7. The van der Waals surface area contributed by atoms with Crippen molar-refractivity contribution in [2.75, 3.05) is 26.4 Å². The van der Waals surface area contributed by atoms with Gasteiger partial charge in [0, 0.05) is 11.1 Å². The van der Waals surface area contributed by atoms with Crippen molar-refractivity contribution in [1.29, 1.82) is 0 Å². The second-order valence-electron chi connectivity index (χ2n) is 11.4. The minimum atomic E-state index is -1.93. The van der Waals surface area contributed by atoms with Crippen LogP contribution >= 0.6 is 0 Å². The lowest BCUT2D eigenvalue weighted by molar-refractivity contribution is -0.772. The zero-order valence-corrected chi connectivity index (χ0v) is 26.5. The lowest BCUT2D eigenvalue weighted by Crippen LogP contribution is -2.44. The first-order chi connectivity index (χ1) is 23.4. The van der Waals surface area contributed by atoms with Gasteiger partial charge in [0.25, 0.3) is 10.2 Å². The molecule has 0 fully saturated rings. The standard InChI is InChI=1S/C35H32F2N2O10/c1-23(27-13-15-29(31(36)17-27)25-9-5-3-6-10-25)33(40)46-19-35(21-48-38(42)43,22-49-39(44)45)20-47-34(41)24(2)28-14-16-30(32(37)18-28)26-11-7-4-8-12-26/h3-18,23-24H,19-22H2,1-2H3/t23-,24+. The summed E-state index contributed by atoms with van der Waals surface area (Å²) in [6.45, 7) is -0.567. The van der Waals surface area contributed by atoms with Gasteiger partial charge < -0.3 is 19.1 Å². The summed E-state index contributed by atoms with van der Waals surface area (Å²) in [5.74, 6) is -5.08. The molecule has 0 bridgehead atoms. The van der Waals surface area contributed by atoms with E-state index in [4.69, 9.17) is 9.47 Å². The van der Waals surface area contributed by atoms with Gasteiger partial charge in [-0.25, -0.2) is 8.78 Å². The summed E-state index contributed by atoms with van der Waals surface area (Å²) in [5, 5.41) is 19.8. The van der Waals surface area contributed by atoms with Crippen molar-refractivity contribution >= 4 is 11.9 Å². The van der Waals surface area contributed by atoms with E-state index in [1.807, 2.05) is 0 Å². The molecule has 49 heavy (non-hydrogen) atoms. The molecule has 0 aromatic heterocycles. The molecule has 0 radical (unpaired) electrons. The average molecular weight is 679 g/mol. The summed E-state index contributed by atoms with van der Waals surface area (Å²) in [4.78, 5) is 57.3. The summed E-state index contributed by atoms with van der Waals surface area (Å²) in [6.07, 6.45) is 0. The average Bonchev–Trinajstić information content (AvgIpc) is 3.10. The zero-order chi connectivity index (χ0) is 35.6. The number of halogens is 2.